The number of aliphatic imine (C=N–C) groups is 1. The van der Waals surface area contributed by atoms with Crippen LogP contribution in [0, 0.1) is 0 Å². The van der Waals surface area contributed by atoms with Crippen LogP contribution in [0.15, 0.2) is 46.3 Å². The van der Waals surface area contributed by atoms with Gasteiger partial charge in [0.15, 0.2) is 0 Å². The summed E-state index contributed by atoms with van der Waals surface area (Å²) in [6, 6.07) is 8.06. The van der Waals surface area contributed by atoms with Gasteiger partial charge in [-0.2, -0.15) is 0 Å². The largest absolute Gasteiger partial charge is 0.281 e. The Bertz CT molecular complexity index is 687. The lowest BCUT2D eigenvalue weighted by Crippen LogP contribution is -2.16. The molecule has 3 nitrogen and oxygen atoms in total. The predicted molar refractivity (Wildman–Crippen MR) is 83.9 cm³/mol. The summed E-state index contributed by atoms with van der Waals surface area (Å²) in [5.41, 5.74) is 0.806. The van der Waals surface area contributed by atoms with Gasteiger partial charge in [0.2, 0.25) is 0 Å². The molecule has 1 aromatic heterocycles. The van der Waals surface area contributed by atoms with Crippen LogP contribution in [0.1, 0.15) is 0 Å². The fraction of sp³-hybridized carbons (Fsp3) is 0. The first-order valence-corrected chi connectivity index (χ1v) is 6.51. The summed E-state index contributed by atoms with van der Waals surface area (Å²) in [6.45, 7) is 0. The van der Waals surface area contributed by atoms with E-state index in [1.54, 1.807) is 30.5 Å². The first kappa shape index (κ1) is 13.9. The number of thiocarbonyl (C=S) groups is 1. The van der Waals surface area contributed by atoms with E-state index in [-0.39, 0.29) is 5.56 Å². The zero-order chi connectivity index (χ0) is 13.8. The molecule has 0 atom stereocenters. The van der Waals surface area contributed by atoms with Gasteiger partial charge in [0.25, 0.3) is 5.56 Å². The average molecular weight is 311 g/mol. The lowest BCUT2D eigenvalue weighted by Gasteiger charge is -2.10. The molecule has 6 heteroatoms. The molecule has 0 aliphatic heterocycles. The Hall–Kier alpha value is -1.49. The van der Waals surface area contributed by atoms with Crippen LogP contribution in [0.5, 0.6) is 0 Å². The SMILES string of the molecule is O=c1ccccn1-c1c(Cl)cc(N=CC=S)cc1Cl. The van der Waals surface area contributed by atoms with Crippen molar-refractivity contribution in [3.05, 3.63) is 56.9 Å². The summed E-state index contributed by atoms with van der Waals surface area (Å²) >= 11 is 17.0. The molecule has 1 aromatic carbocycles. The van der Waals surface area contributed by atoms with Crippen LogP contribution < -0.4 is 5.56 Å². The summed E-state index contributed by atoms with van der Waals surface area (Å²) in [5, 5.41) is 2.08. The minimum absolute atomic E-state index is 0.207. The Labute approximate surface area is 125 Å². The summed E-state index contributed by atoms with van der Waals surface area (Å²) in [6.07, 6.45) is 3.07. The molecule has 2 rings (SSSR count). The van der Waals surface area contributed by atoms with E-state index in [0.29, 0.717) is 21.4 Å². The third-order valence-electron chi connectivity index (χ3n) is 2.35. The molecule has 0 radical (unpaired) electrons. The summed E-state index contributed by atoms with van der Waals surface area (Å²) in [7, 11) is 0. The molecule has 0 unspecified atom stereocenters. The Morgan fingerprint density at radius 3 is 2.47 bits per heavy atom. The topological polar surface area (TPSA) is 34.4 Å². The monoisotopic (exact) mass is 310 g/mol. The van der Waals surface area contributed by atoms with Gasteiger partial charge in [-0.15, -0.1) is 0 Å². The Kier molecular flexibility index (Phi) is 4.47. The predicted octanol–water partition coefficient (Wildman–Crippen LogP) is 3.85. The maximum atomic E-state index is 11.8. The fourth-order valence-electron chi connectivity index (χ4n) is 1.59. The molecule has 96 valence electrons. The number of rotatable bonds is 3. The van der Waals surface area contributed by atoms with E-state index >= 15 is 0 Å². The third kappa shape index (κ3) is 3.10. The maximum absolute atomic E-state index is 11.8. The summed E-state index contributed by atoms with van der Waals surface area (Å²) in [5.74, 6) is 0. The number of benzene rings is 1. The molecule has 0 fully saturated rings. The Morgan fingerprint density at radius 2 is 1.89 bits per heavy atom. The number of nitrogens with zero attached hydrogens (tertiary/aromatic N) is 2. The minimum atomic E-state index is -0.207. The zero-order valence-corrected chi connectivity index (χ0v) is 11.9. The van der Waals surface area contributed by atoms with E-state index in [1.165, 1.54) is 22.2 Å². The van der Waals surface area contributed by atoms with Gasteiger partial charge in [0, 0.05) is 23.8 Å². The van der Waals surface area contributed by atoms with Gasteiger partial charge >= 0.3 is 0 Å². The number of hydrogen-bond acceptors (Lipinski definition) is 3. The standard InChI is InChI=1S/C13H8Cl2N2OS/c14-10-7-9(16-4-6-19)8-11(15)13(10)17-5-2-1-3-12(17)18/h1-8H. The van der Waals surface area contributed by atoms with Crippen molar-refractivity contribution in [3.63, 3.8) is 0 Å². The van der Waals surface area contributed by atoms with Crippen LogP contribution in [0.25, 0.3) is 5.69 Å². The van der Waals surface area contributed by atoms with Gasteiger partial charge in [-0.3, -0.25) is 14.4 Å². The van der Waals surface area contributed by atoms with Crippen LogP contribution in [0.2, 0.25) is 10.0 Å². The number of pyridine rings is 1. The van der Waals surface area contributed by atoms with Gasteiger partial charge < -0.3 is 0 Å². The highest BCUT2D eigenvalue weighted by Gasteiger charge is 2.10. The van der Waals surface area contributed by atoms with Gasteiger partial charge in [-0.25, -0.2) is 0 Å². The van der Waals surface area contributed by atoms with Crippen molar-refractivity contribution in [3.8, 4) is 5.69 Å². The summed E-state index contributed by atoms with van der Waals surface area (Å²) < 4.78 is 1.39. The van der Waals surface area contributed by atoms with Crippen LogP contribution in [0.3, 0.4) is 0 Å². The van der Waals surface area contributed by atoms with E-state index in [1.807, 2.05) is 0 Å². The second-order valence-electron chi connectivity index (χ2n) is 3.58. The molecular weight excluding hydrogens is 303 g/mol. The number of aromatic nitrogens is 1. The van der Waals surface area contributed by atoms with Gasteiger partial charge in [0.1, 0.15) is 0 Å². The zero-order valence-electron chi connectivity index (χ0n) is 9.59. The molecule has 0 saturated heterocycles. The van der Waals surface area contributed by atoms with E-state index in [9.17, 15) is 4.79 Å². The molecule has 0 bridgehead atoms. The van der Waals surface area contributed by atoms with Gasteiger partial charge in [-0.1, -0.05) is 41.5 Å². The molecule has 0 spiro atoms. The van der Waals surface area contributed by atoms with Crippen molar-refractivity contribution in [2.75, 3.05) is 0 Å². The lowest BCUT2D eigenvalue weighted by molar-refractivity contribution is 0.991. The molecule has 0 aliphatic carbocycles. The lowest BCUT2D eigenvalue weighted by atomic mass is 10.2. The fourth-order valence-corrected chi connectivity index (χ4v) is 2.30. The first-order valence-electron chi connectivity index (χ1n) is 5.28. The second kappa shape index (κ2) is 6.10. The number of hydrogen-bond donors (Lipinski definition) is 0. The molecule has 2 aromatic rings. The molecule has 0 saturated carbocycles. The number of halogens is 2. The molecule has 0 amide bonds. The molecular formula is C13H8Cl2N2OS. The highest BCUT2D eigenvalue weighted by molar-refractivity contribution is 7.80. The molecule has 1 heterocycles. The molecule has 19 heavy (non-hydrogen) atoms. The highest BCUT2D eigenvalue weighted by atomic mass is 35.5. The van der Waals surface area contributed by atoms with Crippen molar-refractivity contribution in [2.45, 2.75) is 0 Å². The van der Waals surface area contributed by atoms with Crippen LogP contribution in [0.4, 0.5) is 5.69 Å². The van der Waals surface area contributed by atoms with E-state index in [0.717, 1.165) is 0 Å². The van der Waals surface area contributed by atoms with E-state index < -0.39 is 0 Å². The normalized spacial score (nSPS) is 10.8. The quantitative estimate of drug-likeness (QED) is 0.637. The smallest absolute Gasteiger partial charge is 0.255 e. The Balaban J connectivity index is 2.61. The average Bonchev–Trinajstić information content (AvgIpc) is 2.38. The van der Waals surface area contributed by atoms with Crippen molar-refractivity contribution in [2.24, 2.45) is 4.99 Å². The van der Waals surface area contributed by atoms with Crippen LogP contribution in [-0.2, 0) is 0 Å². The molecule has 0 N–H and O–H groups in total. The first-order chi connectivity index (χ1) is 9.13. The molecule has 0 aliphatic rings. The van der Waals surface area contributed by atoms with Crippen molar-refractivity contribution < 1.29 is 0 Å². The van der Waals surface area contributed by atoms with Crippen molar-refractivity contribution in [1.82, 2.24) is 4.57 Å². The van der Waals surface area contributed by atoms with Gasteiger partial charge in [-0.05, 0) is 18.2 Å². The minimum Gasteiger partial charge on any atom is -0.281 e. The highest BCUT2D eigenvalue weighted by Crippen LogP contribution is 2.32. The third-order valence-corrected chi connectivity index (χ3v) is 3.05. The maximum Gasteiger partial charge on any atom is 0.255 e. The van der Waals surface area contributed by atoms with Crippen LogP contribution in [-0.4, -0.2) is 16.1 Å². The van der Waals surface area contributed by atoms with E-state index in [2.05, 4.69) is 17.2 Å². The van der Waals surface area contributed by atoms with Crippen LogP contribution >= 0.6 is 35.4 Å². The van der Waals surface area contributed by atoms with Crippen molar-refractivity contribution in [1.29, 1.82) is 0 Å². The van der Waals surface area contributed by atoms with E-state index in [4.69, 9.17) is 23.2 Å². The summed E-state index contributed by atoms with van der Waals surface area (Å²) in [4.78, 5) is 15.8. The van der Waals surface area contributed by atoms with Gasteiger partial charge in [0.05, 0.1) is 21.4 Å². The van der Waals surface area contributed by atoms with Crippen molar-refractivity contribution >= 4 is 52.7 Å². The second-order valence-corrected chi connectivity index (χ2v) is 4.67. The Morgan fingerprint density at radius 1 is 1.21 bits per heavy atom.